The largest absolute Gasteiger partial charge is 0.477 e. The van der Waals surface area contributed by atoms with Gasteiger partial charge in [0.15, 0.2) is 0 Å². The number of hydrogen-bond donors (Lipinski definition) is 1. The molecule has 9 heteroatoms. The number of nitrogens with zero attached hydrogens (tertiary/aromatic N) is 1. The fraction of sp³-hybridized carbons (Fsp3) is 0.200. The van der Waals surface area contributed by atoms with Crippen LogP contribution in [0.2, 0.25) is 0 Å². The summed E-state index contributed by atoms with van der Waals surface area (Å²) in [5.74, 6) is -6.54. The number of para-hydroxylation sites is 1. The summed E-state index contributed by atoms with van der Waals surface area (Å²) in [5.41, 5.74) is -4.40. The van der Waals surface area contributed by atoms with Crippen molar-refractivity contribution in [2.45, 2.75) is 19.0 Å². The van der Waals surface area contributed by atoms with E-state index in [1.807, 2.05) is 0 Å². The Morgan fingerprint density at radius 1 is 1.12 bits per heavy atom. The SMILES string of the molecule is CC(F)(F)c1nc(Oc2ccccc2)c(C(=O)O)cc1C(F)(F)F. The van der Waals surface area contributed by atoms with Crippen LogP contribution in [0.5, 0.6) is 11.6 Å². The van der Waals surface area contributed by atoms with Crippen molar-refractivity contribution in [3.05, 3.63) is 53.2 Å². The van der Waals surface area contributed by atoms with Crippen molar-refractivity contribution in [3.63, 3.8) is 0 Å². The highest BCUT2D eigenvalue weighted by Crippen LogP contribution is 2.41. The molecule has 2 rings (SSSR count). The molecule has 128 valence electrons. The van der Waals surface area contributed by atoms with Gasteiger partial charge in [0, 0.05) is 6.92 Å². The van der Waals surface area contributed by atoms with Gasteiger partial charge < -0.3 is 9.84 Å². The average molecular weight is 347 g/mol. The van der Waals surface area contributed by atoms with Crippen LogP contribution in [0.3, 0.4) is 0 Å². The van der Waals surface area contributed by atoms with Crippen molar-refractivity contribution in [2.24, 2.45) is 0 Å². The maximum absolute atomic E-state index is 13.5. The number of carboxylic acids is 1. The minimum atomic E-state index is -5.20. The number of pyridine rings is 1. The molecule has 0 fully saturated rings. The van der Waals surface area contributed by atoms with Gasteiger partial charge in [-0.3, -0.25) is 0 Å². The van der Waals surface area contributed by atoms with Gasteiger partial charge in [0.05, 0.1) is 5.56 Å². The van der Waals surface area contributed by atoms with Crippen LogP contribution in [0, 0.1) is 0 Å². The molecule has 0 aliphatic rings. The summed E-state index contributed by atoms with van der Waals surface area (Å²) in [6, 6.07) is 7.46. The van der Waals surface area contributed by atoms with Crippen LogP contribution >= 0.6 is 0 Å². The van der Waals surface area contributed by atoms with E-state index >= 15 is 0 Å². The Morgan fingerprint density at radius 3 is 2.17 bits per heavy atom. The summed E-state index contributed by atoms with van der Waals surface area (Å²) in [6.45, 7) is 0.233. The van der Waals surface area contributed by atoms with Gasteiger partial charge >= 0.3 is 12.1 Å². The summed E-state index contributed by atoms with van der Waals surface area (Å²) < 4.78 is 71.1. The van der Waals surface area contributed by atoms with E-state index in [1.54, 1.807) is 6.07 Å². The van der Waals surface area contributed by atoms with Gasteiger partial charge in [0.25, 0.3) is 5.92 Å². The number of carboxylic acid groups (broad SMARTS) is 1. The predicted molar refractivity (Wildman–Crippen MR) is 72.3 cm³/mol. The fourth-order valence-corrected chi connectivity index (χ4v) is 1.88. The summed E-state index contributed by atoms with van der Waals surface area (Å²) in [6.07, 6.45) is -5.20. The molecule has 0 bridgehead atoms. The van der Waals surface area contributed by atoms with Gasteiger partial charge in [0.2, 0.25) is 5.88 Å². The molecule has 0 aliphatic heterocycles. The highest BCUT2D eigenvalue weighted by atomic mass is 19.4. The third-order valence-electron chi connectivity index (χ3n) is 2.90. The van der Waals surface area contributed by atoms with Crippen LogP contribution in [0.4, 0.5) is 22.0 Å². The summed E-state index contributed by atoms with van der Waals surface area (Å²) in [5, 5.41) is 9.05. The Morgan fingerprint density at radius 2 is 1.71 bits per heavy atom. The van der Waals surface area contributed by atoms with E-state index in [4.69, 9.17) is 9.84 Å². The van der Waals surface area contributed by atoms with Gasteiger partial charge in [-0.2, -0.15) is 22.0 Å². The fourth-order valence-electron chi connectivity index (χ4n) is 1.88. The quantitative estimate of drug-likeness (QED) is 0.815. The first-order valence-electron chi connectivity index (χ1n) is 6.47. The van der Waals surface area contributed by atoms with E-state index < -0.39 is 40.8 Å². The molecule has 2 aromatic rings. The second-order valence-electron chi connectivity index (χ2n) is 4.84. The third kappa shape index (κ3) is 3.79. The van der Waals surface area contributed by atoms with Crippen molar-refractivity contribution in [1.29, 1.82) is 0 Å². The highest BCUT2D eigenvalue weighted by Gasteiger charge is 2.43. The first-order valence-corrected chi connectivity index (χ1v) is 6.47. The molecular weight excluding hydrogens is 337 g/mol. The molecule has 0 saturated carbocycles. The lowest BCUT2D eigenvalue weighted by atomic mass is 10.1. The summed E-state index contributed by atoms with van der Waals surface area (Å²) >= 11 is 0. The molecular formula is C15H10F5NO3. The number of alkyl halides is 5. The molecule has 0 saturated heterocycles. The highest BCUT2D eigenvalue weighted by molar-refractivity contribution is 5.90. The molecule has 1 aromatic heterocycles. The number of benzene rings is 1. The molecule has 0 unspecified atom stereocenters. The molecule has 1 heterocycles. The zero-order chi connectivity index (χ0) is 18.1. The number of carbonyl (C=O) groups is 1. The van der Waals surface area contributed by atoms with Crippen molar-refractivity contribution < 1.29 is 36.6 Å². The first kappa shape index (κ1) is 17.6. The first-order chi connectivity index (χ1) is 11.0. The lowest BCUT2D eigenvalue weighted by Crippen LogP contribution is -2.21. The normalized spacial score (nSPS) is 12.1. The van der Waals surface area contributed by atoms with Crippen LogP contribution in [0.1, 0.15) is 28.5 Å². The molecule has 0 spiro atoms. The molecule has 0 amide bonds. The van der Waals surface area contributed by atoms with Crippen molar-refractivity contribution in [3.8, 4) is 11.6 Å². The lowest BCUT2D eigenvalue weighted by molar-refractivity contribution is -0.142. The van der Waals surface area contributed by atoms with E-state index in [0.29, 0.717) is 0 Å². The number of aromatic carboxylic acids is 1. The molecule has 1 N–H and O–H groups in total. The predicted octanol–water partition coefficient (Wildman–Crippen LogP) is 4.70. The second-order valence-corrected chi connectivity index (χ2v) is 4.84. The molecule has 0 aliphatic carbocycles. The minimum Gasteiger partial charge on any atom is -0.477 e. The number of ether oxygens (including phenoxy) is 1. The lowest BCUT2D eigenvalue weighted by Gasteiger charge is -2.19. The van der Waals surface area contributed by atoms with Gasteiger partial charge in [-0.1, -0.05) is 18.2 Å². The molecule has 1 aromatic carbocycles. The number of halogens is 5. The molecule has 4 nitrogen and oxygen atoms in total. The standard InChI is InChI=1S/C15H10F5NO3/c1-14(16,17)11-10(15(18,19)20)7-9(13(22)23)12(21-11)24-8-5-3-2-4-6-8/h2-7H,1H3,(H,22,23). The van der Waals surface area contributed by atoms with Gasteiger partial charge in [-0.15, -0.1) is 0 Å². The minimum absolute atomic E-state index is 0.0395. The van der Waals surface area contributed by atoms with Crippen LogP contribution in [0.15, 0.2) is 36.4 Å². The second kappa shape index (κ2) is 6.06. The zero-order valence-electron chi connectivity index (χ0n) is 12.1. The summed E-state index contributed by atoms with van der Waals surface area (Å²) in [7, 11) is 0. The van der Waals surface area contributed by atoms with E-state index in [-0.39, 0.29) is 18.7 Å². The van der Waals surface area contributed by atoms with Crippen molar-refractivity contribution in [1.82, 2.24) is 4.98 Å². The zero-order valence-corrected chi connectivity index (χ0v) is 12.1. The maximum Gasteiger partial charge on any atom is 0.418 e. The Labute approximate surface area is 132 Å². The Kier molecular flexibility index (Phi) is 4.46. The van der Waals surface area contributed by atoms with Crippen LogP contribution in [-0.2, 0) is 12.1 Å². The number of hydrogen-bond acceptors (Lipinski definition) is 3. The van der Waals surface area contributed by atoms with E-state index in [0.717, 1.165) is 0 Å². The maximum atomic E-state index is 13.5. The third-order valence-corrected chi connectivity index (χ3v) is 2.90. The Balaban J connectivity index is 2.68. The van der Waals surface area contributed by atoms with Crippen molar-refractivity contribution >= 4 is 5.97 Å². The smallest absolute Gasteiger partial charge is 0.418 e. The monoisotopic (exact) mass is 347 g/mol. The van der Waals surface area contributed by atoms with E-state index in [2.05, 4.69) is 4.98 Å². The summed E-state index contributed by atoms with van der Waals surface area (Å²) in [4.78, 5) is 14.3. The van der Waals surface area contributed by atoms with Gasteiger partial charge in [-0.05, 0) is 18.2 Å². The molecule has 24 heavy (non-hydrogen) atoms. The topological polar surface area (TPSA) is 59.4 Å². The number of rotatable bonds is 4. The van der Waals surface area contributed by atoms with Crippen molar-refractivity contribution in [2.75, 3.05) is 0 Å². The Bertz CT molecular complexity index is 754. The van der Waals surface area contributed by atoms with E-state index in [9.17, 15) is 26.7 Å². The van der Waals surface area contributed by atoms with Crippen LogP contribution in [-0.4, -0.2) is 16.1 Å². The van der Waals surface area contributed by atoms with Crippen LogP contribution in [0.25, 0.3) is 0 Å². The van der Waals surface area contributed by atoms with Crippen LogP contribution < -0.4 is 4.74 Å². The van der Waals surface area contributed by atoms with E-state index in [1.165, 1.54) is 24.3 Å². The number of aromatic nitrogens is 1. The van der Waals surface area contributed by atoms with Gasteiger partial charge in [-0.25, -0.2) is 9.78 Å². The molecule has 0 atom stereocenters. The Hall–Kier alpha value is -2.71. The van der Waals surface area contributed by atoms with Gasteiger partial charge in [0.1, 0.15) is 17.0 Å². The molecule has 0 radical (unpaired) electrons. The average Bonchev–Trinajstić information content (AvgIpc) is 2.45.